The molecule has 0 aromatic heterocycles. The molecule has 1 saturated carbocycles. The van der Waals surface area contributed by atoms with Crippen molar-refractivity contribution in [2.45, 2.75) is 58.4 Å². The van der Waals surface area contributed by atoms with Gasteiger partial charge in [0.05, 0.1) is 6.42 Å². The van der Waals surface area contributed by atoms with Crippen molar-refractivity contribution in [3.63, 3.8) is 0 Å². The maximum Gasteiger partial charge on any atom is 0.329 e. The molecule has 8 heteroatoms. The zero-order valence-electron chi connectivity index (χ0n) is 15.6. The lowest BCUT2D eigenvalue weighted by Gasteiger charge is -2.22. The number of hydrogen-bond donors (Lipinski definition) is 3. The highest BCUT2D eigenvalue weighted by Gasteiger charge is 2.17. The van der Waals surface area contributed by atoms with E-state index in [-0.39, 0.29) is 18.4 Å². The van der Waals surface area contributed by atoms with Crippen LogP contribution >= 0.6 is 11.6 Å². The third kappa shape index (κ3) is 6.67. The van der Waals surface area contributed by atoms with Crippen LogP contribution in [0.15, 0.2) is 23.3 Å². The van der Waals surface area contributed by atoms with Gasteiger partial charge in [0.25, 0.3) is 0 Å². The zero-order valence-corrected chi connectivity index (χ0v) is 16.4. The zero-order chi connectivity index (χ0) is 19.8. The Kier molecular flexibility index (Phi) is 7.79. The fourth-order valence-corrected chi connectivity index (χ4v) is 3.09. The first kappa shape index (κ1) is 20.9. The Morgan fingerprint density at radius 2 is 1.85 bits per heavy atom. The van der Waals surface area contributed by atoms with Crippen molar-refractivity contribution in [1.29, 1.82) is 0 Å². The van der Waals surface area contributed by atoms with Crippen molar-refractivity contribution in [2.24, 2.45) is 5.10 Å². The van der Waals surface area contributed by atoms with E-state index in [1.54, 1.807) is 32.0 Å². The molecule has 3 N–H and O–H groups in total. The fourth-order valence-electron chi connectivity index (χ4n) is 2.92. The number of amides is 3. The van der Waals surface area contributed by atoms with Gasteiger partial charge in [-0.25, -0.2) is 5.43 Å². The normalized spacial score (nSPS) is 15.1. The van der Waals surface area contributed by atoms with E-state index in [2.05, 4.69) is 21.2 Å². The summed E-state index contributed by atoms with van der Waals surface area (Å²) in [6.07, 6.45) is 5.57. The maximum atomic E-state index is 12.0. The molecule has 1 aliphatic carbocycles. The molecule has 1 aromatic rings. The molecule has 0 heterocycles. The van der Waals surface area contributed by atoms with Crippen LogP contribution in [0.2, 0.25) is 5.02 Å². The van der Waals surface area contributed by atoms with Crippen molar-refractivity contribution < 1.29 is 14.4 Å². The SMILES string of the molecule is C/C(CC(=O)NC1CCCCC1)=N/NC(=O)C(=O)Nc1cccc(Cl)c1C. The van der Waals surface area contributed by atoms with Gasteiger partial charge in [0.1, 0.15) is 0 Å². The molecule has 7 nitrogen and oxygen atoms in total. The summed E-state index contributed by atoms with van der Waals surface area (Å²) in [5.74, 6) is -1.90. The van der Waals surface area contributed by atoms with Crippen LogP contribution in [0.25, 0.3) is 0 Å². The molecule has 0 unspecified atom stereocenters. The molecule has 0 bridgehead atoms. The summed E-state index contributed by atoms with van der Waals surface area (Å²) in [6, 6.07) is 5.24. The van der Waals surface area contributed by atoms with Gasteiger partial charge in [-0.3, -0.25) is 14.4 Å². The molecule has 0 atom stereocenters. The van der Waals surface area contributed by atoms with Gasteiger partial charge in [-0.1, -0.05) is 36.9 Å². The van der Waals surface area contributed by atoms with Crippen molar-refractivity contribution >= 4 is 40.7 Å². The molecule has 0 spiro atoms. The molecule has 0 saturated heterocycles. The Balaban J connectivity index is 1.80. The number of carbonyl (C=O) groups excluding carboxylic acids is 3. The second-order valence-corrected chi connectivity index (χ2v) is 7.14. The molecule has 3 amide bonds. The number of rotatable bonds is 5. The Labute approximate surface area is 163 Å². The summed E-state index contributed by atoms with van der Waals surface area (Å²) in [4.78, 5) is 35.9. The van der Waals surface area contributed by atoms with E-state index in [9.17, 15) is 14.4 Å². The lowest BCUT2D eigenvalue weighted by molar-refractivity contribution is -0.136. The minimum atomic E-state index is -0.915. The first-order valence-corrected chi connectivity index (χ1v) is 9.43. The Hall–Kier alpha value is -2.41. The van der Waals surface area contributed by atoms with E-state index >= 15 is 0 Å². The predicted octanol–water partition coefficient (Wildman–Crippen LogP) is 2.92. The van der Waals surface area contributed by atoms with Crippen LogP contribution in [0, 0.1) is 6.92 Å². The van der Waals surface area contributed by atoms with Gasteiger partial charge in [-0.05, 0) is 44.4 Å². The van der Waals surface area contributed by atoms with Gasteiger partial charge < -0.3 is 10.6 Å². The predicted molar refractivity (Wildman–Crippen MR) is 106 cm³/mol. The van der Waals surface area contributed by atoms with Crippen LogP contribution in [0.1, 0.15) is 51.0 Å². The third-order valence-corrected chi connectivity index (χ3v) is 4.87. The molecular weight excluding hydrogens is 368 g/mol. The van der Waals surface area contributed by atoms with E-state index in [4.69, 9.17) is 11.6 Å². The summed E-state index contributed by atoms with van der Waals surface area (Å²) in [7, 11) is 0. The lowest BCUT2D eigenvalue weighted by atomic mass is 9.95. The highest BCUT2D eigenvalue weighted by Crippen LogP contribution is 2.22. The average molecular weight is 393 g/mol. The van der Waals surface area contributed by atoms with Gasteiger partial charge in [-0.15, -0.1) is 0 Å². The summed E-state index contributed by atoms with van der Waals surface area (Å²) in [5, 5.41) is 9.79. The summed E-state index contributed by atoms with van der Waals surface area (Å²) in [6.45, 7) is 3.36. The van der Waals surface area contributed by atoms with E-state index in [0.29, 0.717) is 22.0 Å². The second kappa shape index (κ2) is 10.1. The van der Waals surface area contributed by atoms with Crippen molar-refractivity contribution in [1.82, 2.24) is 10.7 Å². The first-order valence-electron chi connectivity index (χ1n) is 9.05. The van der Waals surface area contributed by atoms with E-state index in [0.717, 1.165) is 25.7 Å². The minimum Gasteiger partial charge on any atom is -0.353 e. The van der Waals surface area contributed by atoms with Crippen molar-refractivity contribution in [2.75, 3.05) is 5.32 Å². The molecule has 1 aliphatic rings. The molecule has 0 radical (unpaired) electrons. The largest absolute Gasteiger partial charge is 0.353 e. The summed E-state index contributed by atoms with van der Waals surface area (Å²) < 4.78 is 0. The number of nitrogens with one attached hydrogen (secondary N) is 3. The van der Waals surface area contributed by atoms with Crippen LogP contribution in [-0.4, -0.2) is 29.5 Å². The summed E-state index contributed by atoms with van der Waals surface area (Å²) >= 11 is 5.99. The topological polar surface area (TPSA) is 99.7 Å². The number of hydrogen-bond acceptors (Lipinski definition) is 4. The molecule has 2 rings (SSSR count). The quantitative estimate of drug-likeness (QED) is 0.408. The molecule has 1 aromatic carbocycles. The van der Waals surface area contributed by atoms with Gasteiger partial charge >= 0.3 is 11.8 Å². The lowest BCUT2D eigenvalue weighted by Crippen LogP contribution is -2.37. The highest BCUT2D eigenvalue weighted by atomic mass is 35.5. The molecule has 27 heavy (non-hydrogen) atoms. The Bertz CT molecular complexity index is 742. The molecule has 0 aliphatic heterocycles. The Morgan fingerprint density at radius 1 is 1.15 bits per heavy atom. The van der Waals surface area contributed by atoms with Gasteiger partial charge in [0.15, 0.2) is 0 Å². The average Bonchev–Trinajstić information content (AvgIpc) is 2.64. The van der Waals surface area contributed by atoms with E-state index < -0.39 is 11.8 Å². The number of benzene rings is 1. The monoisotopic (exact) mass is 392 g/mol. The van der Waals surface area contributed by atoms with Crippen LogP contribution in [0.4, 0.5) is 5.69 Å². The van der Waals surface area contributed by atoms with Gasteiger partial charge in [-0.2, -0.15) is 5.10 Å². The van der Waals surface area contributed by atoms with Gasteiger partial charge in [0.2, 0.25) is 5.91 Å². The maximum absolute atomic E-state index is 12.0. The molecule has 146 valence electrons. The number of carbonyl (C=O) groups is 3. The van der Waals surface area contributed by atoms with Crippen LogP contribution < -0.4 is 16.1 Å². The standard InChI is InChI=1S/C19H25ClN4O3/c1-12(11-17(25)21-14-7-4-3-5-8-14)23-24-19(27)18(26)22-16-10-6-9-15(20)13(16)2/h6,9-10,14H,3-5,7-8,11H2,1-2H3,(H,21,25)(H,22,26)(H,24,27)/b23-12-. The first-order chi connectivity index (χ1) is 12.9. The summed E-state index contributed by atoms with van der Waals surface area (Å²) in [5.41, 5.74) is 3.71. The Morgan fingerprint density at radius 3 is 2.56 bits per heavy atom. The smallest absolute Gasteiger partial charge is 0.329 e. The van der Waals surface area contributed by atoms with Crippen LogP contribution in [0.5, 0.6) is 0 Å². The minimum absolute atomic E-state index is 0.0752. The number of nitrogens with zero attached hydrogens (tertiary/aromatic N) is 1. The van der Waals surface area contributed by atoms with E-state index in [1.807, 2.05) is 0 Å². The van der Waals surface area contributed by atoms with Crippen molar-refractivity contribution in [3.05, 3.63) is 28.8 Å². The number of anilines is 1. The fraction of sp³-hybridized carbons (Fsp3) is 0.474. The van der Waals surface area contributed by atoms with E-state index in [1.165, 1.54) is 6.42 Å². The van der Waals surface area contributed by atoms with Crippen molar-refractivity contribution in [3.8, 4) is 0 Å². The second-order valence-electron chi connectivity index (χ2n) is 6.73. The highest BCUT2D eigenvalue weighted by molar-refractivity contribution is 6.40. The molecular formula is C19H25ClN4O3. The van der Waals surface area contributed by atoms with Crippen LogP contribution in [-0.2, 0) is 14.4 Å². The number of halogens is 1. The number of hydrazone groups is 1. The third-order valence-electron chi connectivity index (χ3n) is 4.46. The van der Waals surface area contributed by atoms with Crippen LogP contribution in [0.3, 0.4) is 0 Å². The molecule has 1 fully saturated rings. The van der Waals surface area contributed by atoms with Gasteiger partial charge in [0, 0.05) is 22.5 Å².